The molecule has 1 fully saturated rings. The summed E-state index contributed by atoms with van der Waals surface area (Å²) in [5, 5.41) is 36.5. The number of hydrogen-bond acceptors (Lipinski definition) is 5. The van der Waals surface area contributed by atoms with Crippen LogP contribution in [0.25, 0.3) is 0 Å². The van der Waals surface area contributed by atoms with Gasteiger partial charge in [-0.05, 0) is 44.5 Å². The molecule has 4 N–H and O–H groups in total. The zero-order valence-corrected chi connectivity index (χ0v) is 15.1. The lowest BCUT2D eigenvalue weighted by atomic mass is 9.72. The van der Waals surface area contributed by atoms with Gasteiger partial charge in [-0.25, -0.2) is 0 Å². The molecule has 0 heterocycles. The van der Waals surface area contributed by atoms with E-state index >= 15 is 0 Å². The third kappa shape index (κ3) is 8.41. The van der Waals surface area contributed by atoms with Gasteiger partial charge < -0.3 is 25.3 Å². The number of benzene rings is 1. The van der Waals surface area contributed by atoms with Gasteiger partial charge in [-0.15, -0.1) is 0 Å². The standard InChI is InChI=1S/C16H25NO2.C4H6O4/c1-17(2)12-15(13-6-8-14(18)9-7-13)16(19)10-4-3-5-11-16;5-3(6)1-2-4(7)8/h6-9,15,18-19H,3-5,10-12H2,1-2H3;1-2H2,(H,5,6)(H,7,8)/i1D3,2D3;. The molecule has 1 aliphatic carbocycles. The van der Waals surface area contributed by atoms with E-state index in [9.17, 15) is 19.8 Å². The first kappa shape index (κ1) is 14.9. The van der Waals surface area contributed by atoms with Crippen LogP contribution in [-0.4, -0.2) is 63.4 Å². The van der Waals surface area contributed by atoms with Crippen LogP contribution in [0.4, 0.5) is 0 Å². The zero-order chi connectivity index (χ0) is 25.4. The summed E-state index contributed by atoms with van der Waals surface area (Å²) in [7, 11) is 0. The van der Waals surface area contributed by atoms with Gasteiger partial charge in [0, 0.05) is 20.7 Å². The van der Waals surface area contributed by atoms with Crippen LogP contribution in [0.1, 0.15) is 64.7 Å². The number of aliphatic carboxylic acids is 2. The molecule has 0 aromatic heterocycles. The lowest BCUT2D eigenvalue weighted by Gasteiger charge is -2.40. The normalized spacial score (nSPS) is 21.1. The number of rotatable bonds is 7. The number of hydrogen-bond donors (Lipinski definition) is 4. The van der Waals surface area contributed by atoms with Gasteiger partial charge in [0.25, 0.3) is 0 Å². The Balaban J connectivity index is 0.000000582. The molecule has 27 heavy (non-hydrogen) atoms. The number of phenols is 1. The number of carboxylic acids is 2. The minimum absolute atomic E-state index is 0.0571. The number of nitrogens with zero attached hydrogens (tertiary/aromatic N) is 1. The van der Waals surface area contributed by atoms with Crippen molar-refractivity contribution in [2.24, 2.45) is 0 Å². The highest BCUT2D eigenvalue weighted by molar-refractivity contribution is 5.75. The summed E-state index contributed by atoms with van der Waals surface area (Å²) in [5.74, 6) is -2.77. The van der Waals surface area contributed by atoms with Gasteiger partial charge in [0.2, 0.25) is 0 Å². The van der Waals surface area contributed by atoms with E-state index in [2.05, 4.69) is 0 Å². The number of aromatic hydroxyl groups is 1. The van der Waals surface area contributed by atoms with E-state index in [0.29, 0.717) is 23.3 Å². The molecule has 152 valence electrons. The van der Waals surface area contributed by atoms with E-state index in [-0.39, 0.29) is 25.1 Å². The molecule has 7 nitrogen and oxygen atoms in total. The van der Waals surface area contributed by atoms with Gasteiger partial charge in [0.05, 0.1) is 18.4 Å². The van der Waals surface area contributed by atoms with Gasteiger partial charge in [0.1, 0.15) is 5.75 Å². The second kappa shape index (κ2) is 10.9. The van der Waals surface area contributed by atoms with Crippen LogP contribution in [0.2, 0.25) is 0 Å². The van der Waals surface area contributed by atoms with Crippen molar-refractivity contribution in [3.8, 4) is 5.75 Å². The van der Waals surface area contributed by atoms with Crippen LogP contribution in [0.15, 0.2) is 24.3 Å². The zero-order valence-electron chi connectivity index (χ0n) is 21.1. The first-order chi connectivity index (χ1) is 15.1. The Morgan fingerprint density at radius 3 is 2.04 bits per heavy atom. The summed E-state index contributed by atoms with van der Waals surface area (Å²) >= 11 is 0. The Bertz CT molecular complexity index is 747. The lowest BCUT2D eigenvalue weighted by Crippen LogP contribution is -2.42. The molecular weight excluding hydrogens is 350 g/mol. The Morgan fingerprint density at radius 2 is 1.59 bits per heavy atom. The van der Waals surface area contributed by atoms with Crippen LogP contribution in [0, 0.1) is 0 Å². The minimum atomic E-state index is -2.80. The van der Waals surface area contributed by atoms with Crippen molar-refractivity contribution < 1.29 is 38.2 Å². The number of carboxylic acid groups (broad SMARTS) is 2. The van der Waals surface area contributed by atoms with E-state index in [1.165, 1.54) is 12.1 Å². The van der Waals surface area contributed by atoms with E-state index < -0.39 is 37.4 Å². The average molecular weight is 388 g/mol. The highest BCUT2D eigenvalue weighted by atomic mass is 16.4. The van der Waals surface area contributed by atoms with Crippen molar-refractivity contribution in [3.05, 3.63) is 29.8 Å². The van der Waals surface area contributed by atoms with E-state index in [0.717, 1.165) is 19.3 Å². The molecule has 2 rings (SSSR count). The fourth-order valence-corrected chi connectivity index (χ4v) is 3.20. The molecule has 1 aliphatic rings. The van der Waals surface area contributed by atoms with E-state index in [1.54, 1.807) is 12.1 Å². The van der Waals surface area contributed by atoms with E-state index in [1.807, 2.05) is 0 Å². The predicted octanol–water partition coefficient (Wildman–Crippen LogP) is 2.67. The van der Waals surface area contributed by atoms with Crippen molar-refractivity contribution in [3.63, 3.8) is 0 Å². The van der Waals surface area contributed by atoms with Gasteiger partial charge in [-0.1, -0.05) is 31.4 Å². The quantitative estimate of drug-likeness (QED) is 0.568. The summed E-state index contributed by atoms with van der Waals surface area (Å²) in [6.45, 7) is -5.91. The maximum Gasteiger partial charge on any atom is 0.303 e. The summed E-state index contributed by atoms with van der Waals surface area (Å²) in [4.78, 5) is 19.8. The maximum absolute atomic E-state index is 11.2. The highest BCUT2D eigenvalue weighted by Crippen LogP contribution is 2.40. The molecule has 1 saturated carbocycles. The van der Waals surface area contributed by atoms with Gasteiger partial charge in [-0.3, -0.25) is 9.59 Å². The molecule has 0 spiro atoms. The van der Waals surface area contributed by atoms with Crippen LogP contribution >= 0.6 is 0 Å². The molecular formula is C20H31NO6. The second-order valence-corrected chi connectivity index (χ2v) is 6.71. The number of phenolic OH excluding ortho intramolecular Hbond substituents is 1. The summed E-state index contributed by atoms with van der Waals surface area (Å²) in [5.41, 5.74) is -0.537. The number of aliphatic hydroxyl groups is 1. The summed E-state index contributed by atoms with van der Waals surface area (Å²) in [6, 6.07) is 6.15. The van der Waals surface area contributed by atoms with Crippen LogP contribution < -0.4 is 0 Å². The SMILES string of the molecule is O=C(O)CCC(=O)O.[2H]C([2H])([2H])N(CC(c1ccc(O)cc1)C1(O)CCCCC1)C([2H])([2H])[2H]. The largest absolute Gasteiger partial charge is 0.508 e. The molecule has 1 aromatic carbocycles. The molecule has 7 heteroatoms. The number of likely N-dealkylation sites (N-methyl/N-ethyl adjacent to an activating group) is 1. The predicted molar refractivity (Wildman–Crippen MR) is 102 cm³/mol. The van der Waals surface area contributed by atoms with Crippen LogP contribution in [0.3, 0.4) is 0 Å². The molecule has 0 bridgehead atoms. The first-order valence-corrected chi connectivity index (χ1v) is 8.79. The Labute approximate surface area is 168 Å². The molecule has 0 aliphatic heterocycles. The Morgan fingerprint density at radius 1 is 1.07 bits per heavy atom. The average Bonchev–Trinajstić information content (AvgIpc) is 2.67. The summed E-state index contributed by atoms with van der Waals surface area (Å²) < 4.78 is 45.5. The second-order valence-electron chi connectivity index (χ2n) is 6.71. The van der Waals surface area contributed by atoms with Crippen LogP contribution in [0.5, 0.6) is 5.75 Å². The summed E-state index contributed by atoms with van der Waals surface area (Å²) in [6.07, 6.45) is 3.01. The monoisotopic (exact) mass is 387 g/mol. The van der Waals surface area contributed by atoms with Gasteiger partial charge in [0.15, 0.2) is 0 Å². The van der Waals surface area contributed by atoms with Crippen molar-refractivity contribution in [2.45, 2.75) is 56.5 Å². The molecule has 1 atom stereocenters. The molecule has 0 amide bonds. The van der Waals surface area contributed by atoms with Crippen molar-refractivity contribution in [1.82, 2.24) is 4.90 Å². The molecule has 0 radical (unpaired) electrons. The smallest absolute Gasteiger partial charge is 0.303 e. The van der Waals surface area contributed by atoms with Crippen molar-refractivity contribution in [2.75, 3.05) is 20.5 Å². The lowest BCUT2D eigenvalue weighted by molar-refractivity contribution is -0.143. The molecule has 0 saturated heterocycles. The fourth-order valence-electron chi connectivity index (χ4n) is 3.20. The van der Waals surface area contributed by atoms with Gasteiger partial charge in [-0.2, -0.15) is 0 Å². The van der Waals surface area contributed by atoms with Crippen molar-refractivity contribution in [1.29, 1.82) is 0 Å². The first-order valence-electron chi connectivity index (χ1n) is 11.8. The van der Waals surface area contributed by atoms with Gasteiger partial charge >= 0.3 is 11.9 Å². The Hall–Kier alpha value is -2.12. The molecule has 1 unspecified atom stereocenters. The maximum atomic E-state index is 11.2. The highest BCUT2D eigenvalue weighted by Gasteiger charge is 2.38. The number of carbonyl (C=O) groups is 2. The fraction of sp³-hybridized carbons (Fsp3) is 0.600. The Kier molecular flexibility index (Phi) is 6.00. The third-order valence-corrected chi connectivity index (χ3v) is 4.58. The van der Waals surface area contributed by atoms with Crippen molar-refractivity contribution >= 4 is 11.9 Å². The van der Waals surface area contributed by atoms with Crippen LogP contribution in [-0.2, 0) is 9.59 Å². The third-order valence-electron chi connectivity index (χ3n) is 4.58. The van der Waals surface area contributed by atoms with E-state index in [4.69, 9.17) is 18.4 Å². The minimum Gasteiger partial charge on any atom is -0.508 e. The topological polar surface area (TPSA) is 118 Å². The molecule has 1 aromatic rings.